The predicted molar refractivity (Wildman–Crippen MR) is 161 cm³/mol. The summed E-state index contributed by atoms with van der Waals surface area (Å²) in [5.74, 6) is -0.792. The zero-order valence-electron chi connectivity index (χ0n) is 23.9. The minimum atomic E-state index is -4.15. The van der Waals surface area contributed by atoms with Crippen molar-refractivity contribution in [3.05, 3.63) is 94.5 Å². The number of carbonyl (C=O) groups is 2. The van der Waals surface area contributed by atoms with Crippen LogP contribution in [0.25, 0.3) is 0 Å². The van der Waals surface area contributed by atoms with Crippen molar-refractivity contribution >= 4 is 39.1 Å². The molecule has 7 nitrogen and oxygen atoms in total. The highest BCUT2D eigenvalue weighted by atomic mass is 35.5. The van der Waals surface area contributed by atoms with Gasteiger partial charge >= 0.3 is 0 Å². The van der Waals surface area contributed by atoms with E-state index in [2.05, 4.69) is 5.32 Å². The molecule has 0 saturated carbocycles. The molecule has 1 atom stereocenters. The lowest BCUT2D eigenvalue weighted by molar-refractivity contribution is -0.141. The predicted octanol–water partition coefficient (Wildman–Crippen LogP) is 5.87. The number of hydrogen-bond acceptors (Lipinski definition) is 4. The first-order valence-corrected chi connectivity index (χ1v) is 15.1. The summed E-state index contributed by atoms with van der Waals surface area (Å²) in [4.78, 5) is 29.0. The van der Waals surface area contributed by atoms with Gasteiger partial charge < -0.3 is 10.2 Å². The van der Waals surface area contributed by atoms with E-state index in [9.17, 15) is 18.0 Å². The van der Waals surface area contributed by atoms with E-state index in [1.165, 1.54) is 17.0 Å². The van der Waals surface area contributed by atoms with E-state index in [1.807, 2.05) is 65.0 Å². The number of halogens is 1. The highest BCUT2D eigenvalue weighted by Crippen LogP contribution is 2.29. The van der Waals surface area contributed by atoms with Gasteiger partial charge in [-0.2, -0.15) is 0 Å². The van der Waals surface area contributed by atoms with E-state index in [0.29, 0.717) is 22.7 Å². The lowest BCUT2D eigenvalue weighted by Gasteiger charge is -2.35. The first-order chi connectivity index (χ1) is 18.7. The Kier molecular flexibility index (Phi) is 10.0. The molecule has 0 spiro atoms. The highest BCUT2D eigenvalue weighted by molar-refractivity contribution is 7.92. The molecule has 9 heteroatoms. The Bertz CT molecular complexity index is 1440. The Morgan fingerprint density at radius 2 is 1.57 bits per heavy atom. The van der Waals surface area contributed by atoms with Crippen LogP contribution in [-0.2, 0) is 26.2 Å². The summed E-state index contributed by atoms with van der Waals surface area (Å²) in [5.41, 5.74) is 2.17. The summed E-state index contributed by atoms with van der Waals surface area (Å²) in [5, 5.41) is 3.43. The normalized spacial score (nSPS) is 12.5. The fraction of sp³-hybridized carbons (Fsp3) is 0.355. The van der Waals surface area contributed by atoms with Crippen LogP contribution in [0.5, 0.6) is 0 Å². The molecule has 3 aromatic carbocycles. The van der Waals surface area contributed by atoms with Gasteiger partial charge in [-0.1, -0.05) is 66.6 Å². The highest BCUT2D eigenvalue weighted by Gasteiger charge is 2.35. The molecular weight excluding hydrogens is 546 g/mol. The average molecular weight is 584 g/mol. The van der Waals surface area contributed by atoms with Crippen LogP contribution < -0.4 is 9.62 Å². The Balaban J connectivity index is 2.09. The molecule has 0 radical (unpaired) electrons. The van der Waals surface area contributed by atoms with Crippen molar-refractivity contribution in [2.75, 3.05) is 10.8 Å². The molecule has 0 fully saturated rings. The van der Waals surface area contributed by atoms with Crippen LogP contribution in [-0.4, -0.2) is 43.3 Å². The van der Waals surface area contributed by atoms with Gasteiger partial charge in [0, 0.05) is 17.1 Å². The second-order valence-electron chi connectivity index (χ2n) is 10.9. The summed E-state index contributed by atoms with van der Waals surface area (Å²) < 4.78 is 29.1. The monoisotopic (exact) mass is 583 g/mol. The van der Waals surface area contributed by atoms with Crippen molar-refractivity contribution in [1.82, 2.24) is 10.2 Å². The van der Waals surface area contributed by atoms with Crippen LogP contribution in [0.1, 0.15) is 50.8 Å². The van der Waals surface area contributed by atoms with Gasteiger partial charge in [0.2, 0.25) is 11.8 Å². The Morgan fingerprint density at radius 1 is 0.950 bits per heavy atom. The first-order valence-electron chi connectivity index (χ1n) is 13.2. The number of carbonyl (C=O) groups excluding carboxylic acids is 2. The molecular formula is C31H38ClN3O4S. The summed E-state index contributed by atoms with van der Waals surface area (Å²) in [6.07, 6.45) is 0.352. The summed E-state index contributed by atoms with van der Waals surface area (Å²) in [6, 6.07) is 19.9. The summed E-state index contributed by atoms with van der Waals surface area (Å²) >= 11 is 6.18. The molecule has 2 amide bonds. The van der Waals surface area contributed by atoms with Gasteiger partial charge in [0.05, 0.1) is 10.6 Å². The third kappa shape index (κ3) is 7.86. The van der Waals surface area contributed by atoms with Gasteiger partial charge in [-0.3, -0.25) is 13.9 Å². The second kappa shape index (κ2) is 12.9. The Labute approximate surface area is 243 Å². The third-order valence-corrected chi connectivity index (χ3v) is 8.40. The van der Waals surface area contributed by atoms with E-state index >= 15 is 0 Å². The van der Waals surface area contributed by atoms with Gasteiger partial charge in [-0.05, 0) is 82.5 Å². The zero-order valence-corrected chi connectivity index (χ0v) is 25.5. The van der Waals surface area contributed by atoms with E-state index in [1.54, 1.807) is 37.3 Å². The molecule has 0 aromatic heterocycles. The molecule has 0 bridgehead atoms. The third-order valence-electron chi connectivity index (χ3n) is 6.40. The minimum absolute atomic E-state index is 0.0624. The van der Waals surface area contributed by atoms with Crippen molar-refractivity contribution in [1.29, 1.82) is 0 Å². The van der Waals surface area contributed by atoms with Gasteiger partial charge in [0.1, 0.15) is 12.6 Å². The molecule has 0 heterocycles. The molecule has 1 unspecified atom stereocenters. The maximum absolute atomic E-state index is 14.1. The Morgan fingerprint density at radius 3 is 2.12 bits per heavy atom. The number of nitrogens with one attached hydrogen (secondary N) is 1. The van der Waals surface area contributed by atoms with E-state index < -0.39 is 34.1 Å². The number of nitrogens with zero attached hydrogens (tertiary/aromatic N) is 2. The van der Waals surface area contributed by atoms with Crippen LogP contribution in [0.4, 0.5) is 5.69 Å². The smallest absolute Gasteiger partial charge is 0.264 e. The van der Waals surface area contributed by atoms with Gasteiger partial charge in [0.25, 0.3) is 10.0 Å². The summed E-state index contributed by atoms with van der Waals surface area (Å²) in [7, 11) is -4.15. The number of anilines is 1. The molecule has 214 valence electrons. The lowest BCUT2D eigenvalue weighted by atomic mass is 10.1. The van der Waals surface area contributed by atoms with Crippen molar-refractivity contribution in [3.8, 4) is 0 Å². The maximum atomic E-state index is 14.1. The minimum Gasteiger partial charge on any atom is -0.350 e. The topological polar surface area (TPSA) is 86.8 Å². The molecule has 40 heavy (non-hydrogen) atoms. The molecule has 3 rings (SSSR count). The second-order valence-corrected chi connectivity index (χ2v) is 13.2. The van der Waals surface area contributed by atoms with Gasteiger partial charge in [-0.15, -0.1) is 0 Å². The number of aryl methyl sites for hydroxylation is 2. The first kappa shape index (κ1) is 31.2. The molecule has 3 aromatic rings. The zero-order chi connectivity index (χ0) is 29.7. The number of amides is 2. The quantitative estimate of drug-likeness (QED) is 0.323. The summed E-state index contributed by atoms with van der Waals surface area (Å²) in [6.45, 7) is 10.7. The fourth-order valence-corrected chi connectivity index (χ4v) is 6.11. The van der Waals surface area contributed by atoms with Crippen LogP contribution in [0.15, 0.2) is 77.7 Å². The van der Waals surface area contributed by atoms with Crippen molar-refractivity contribution in [2.45, 2.75) is 71.0 Å². The SMILES string of the molecule is CCC(C(=O)NC(C)(C)C)N(Cc1ccccc1)C(=O)CN(c1ccc(Cl)cc1C)S(=O)(=O)c1ccc(C)cc1. The number of benzene rings is 3. The van der Waals surface area contributed by atoms with Crippen LogP contribution in [0.3, 0.4) is 0 Å². The van der Waals surface area contributed by atoms with Crippen LogP contribution >= 0.6 is 11.6 Å². The largest absolute Gasteiger partial charge is 0.350 e. The standard InChI is InChI=1S/C31H38ClN3O4S/c1-7-27(30(37)33-31(4,5)6)34(20-24-11-9-8-10-12-24)29(36)21-35(28-18-15-25(32)19-23(28)3)40(38,39)26-16-13-22(2)14-17-26/h8-19,27H,7,20-21H2,1-6H3,(H,33,37). The van der Waals surface area contributed by atoms with E-state index in [-0.39, 0.29) is 17.3 Å². The van der Waals surface area contributed by atoms with Crippen LogP contribution in [0, 0.1) is 13.8 Å². The average Bonchev–Trinajstić information content (AvgIpc) is 2.87. The van der Waals surface area contributed by atoms with Crippen molar-refractivity contribution in [2.24, 2.45) is 0 Å². The molecule has 0 aliphatic rings. The fourth-order valence-electron chi connectivity index (χ4n) is 4.40. The van der Waals surface area contributed by atoms with Crippen LogP contribution in [0.2, 0.25) is 5.02 Å². The van der Waals surface area contributed by atoms with Crippen molar-refractivity contribution in [3.63, 3.8) is 0 Å². The molecule has 0 aliphatic heterocycles. The van der Waals surface area contributed by atoms with E-state index in [0.717, 1.165) is 15.4 Å². The molecule has 1 N–H and O–H groups in total. The number of rotatable bonds is 10. The maximum Gasteiger partial charge on any atom is 0.264 e. The molecule has 0 aliphatic carbocycles. The Hall–Kier alpha value is -3.36. The lowest BCUT2D eigenvalue weighted by Crippen LogP contribution is -2.55. The molecule has 0 saturated heterocycles. The number of hydrogen-bond donors (Lipinski definition) is 1. The number of sulfonamides is 1. The van der Waals surface area contributed by atoms with Crippen molar-refractivity contribution < 1.29 is 18.0 Å². The van der Waals surface area contributed by atoms with E-state index in [4.69, 9.17) is 11.6 Å². The van der Waals surface area contributed by atoms with Gasteiger partial charge in [-0.25, -0.2) is 8.42 Å². The van der Waals surface area contributed by atoms with Gasteiger partial charge in [0.15, 0.2) is 0 Å².